The van der Waals surface area contributed by atoms with E-state index >= 15 is 0 Å². The van der Waals surface area contributed by atoms with Gasteiger partial charge in [0.25, 0.3) is 0 Å². The quantitative estimate of drug-likeness (QED) is 0.397. The van der Waals surface area contributed by atoms with Gasteiger partial charge in [-0.05, 0) is 54.4 Å². The molecule has 4 aromatic rings. The van der Waals surface area contributed by atoms with Crippen LogP contribution in [0.3, 0.4) is 0 Å². The van der Waals surface area contributed by atoms with Gasteiger partial charge in [-0.25, -0.2) is 14.4 Å². The first-order valence-corrected chi connectivity index (χ1v) is 10.3. The number of aromatic nitrogens is 3. The molecule has 0 aliphatic heterocycles. The highest BCUT2D eigenvalue weighted by Crippen LogP contribution is 2.31. The molecule has 0 fully saturated rings. The molecule has 2 heterocycles. The predicted octanol–water partition coefficient (Wildman–Crippen LogP) is 5.06. The number of anilines is 2. The normalized spacial score (nSPS) is 10.6. The number of nitrogens with two attached hydrogens (primary N) is 1. The van der Waals surface area contributed by atoms with Gasteiger partial charge in [-0.15, -0.1) is 0 Å². The van der Waals surface area contributed by atoms with Gasteiger partial charge in [0.1, 0.15) is 12.4 Å². The minimum Gasteiger partial charge on any atom is -0.483 e. The van der Waals surface area contributed by atoms with Crippen LogP contribution in [0.15, 0.2) is 67.1 Å². The predicted molar refractivity (Wildman–Crippen MR) is 124 cm³/mol. The Kier molecular flexibility index (Phi) is 6.46. The Hall–Kier alpha value is -4.04. The number of aryl methyl sites for hydroxylation is 1. The molecule has 0 spiro atoms. The Morgan fingerprint density at radius 1 is 1.15 bits per heavy atom. The van der Waals surface area contributed by atoms with E-state index in [-0.39, 0.29) is 18.0 Å². The molecule has 0 aliphatic rings. The summed E-state index contributed by atoms with van der Waals surface area (Å²) in [6.07, 6.45) is 4.83. The molecule has 9 heteroatoms. The van der Waals surface area contributed by atoms with Crippen molar-refractivity contribution < 1.29 is 13.9 Å². The Balaban J connectivity index is 1.67. The molecule has 0 unspecified atom stereocenters. The second-order valence-corrected chi connectivity index (χ2v) is 7.63. The van der Waals surface area contributed by atoms with Gasteiger partial charge in [-0.1, -0.05) is 23.7 Å². The van der Waals surface area contributed by atoms with E-state index in [4.69, 9.17) is 22.1 Å². The largest absolute Gasteiger partial charge is 0.483 e. The van der Waals surface area contributed by atoms with Gasteiger partial charge in [0.15, 0.2) is 17.4 Å². The summed E-state index contributed by atoms with van der Waals surface area (Å²) in [4.78, 5) is 24.1. The number of amides is 1. The van der Waals surface area contributed by atoms with E-state index in [1.807, 2.05) is 6.92 Å². The van der Waals surface area contributed by atoms with Crippen molar-refractivity contribution in [2.75, 3.05) is 5.32 Å². The molecule has 7 nitrogen and oxygen atoms in total. The Labute approximate surface area is 194 Å². The summed E-state index contributed by atoms with van der Waals surface area (Å²) < 4.78 is 20.3. The second kappa shape index (κ2) is 9.62. The van der Waals surface area contributed by atoms with E-state index in [2.05, 4.69) is 20.3 Å². The van der Waals surface area contributed by atoms with Crippen LogP contribution >= 0.6 is 11.6 Å². The average Bonchev–Trinajstić information content (AvgIpc) is 2.81. The van der Waals surface area contributed by atoms with Crippen LogP contribution in [0.2, 0.25) is 5.02 Å². The average molecular weight is 464 g/mol. The SMILES string of the molecule is Cc1cnccc1Nc1nc(-c2cc(Cl)ccc2F)ncc1OCc1ccc(C(N)=O)cc1. The molecule has 33 heavy (non-hydrogen) atoms. The highest BCUT2D eigenvalue weighted by molar-refractivity contribution is 6.30. The zero-order valence-electron chi connectivity index (χ0n) is 17.5. The molecular formula is C24H19ClFN5O2. The third-order valence-electron chi connectivity index (χ3n) is 4.83. The fourth-order valence-electron chi connectivity index (χ4n) is 3.03. The van der Waals surface area contributed by atoms with Crippen molar-refractivity contribution in [1.29, 1.82) is 0 Å². The number of carbonyl (C=O) groups is 1. The number of benzene rings is 2. The molecule has 2 aromatic carbocycles. The van der Waals surface area contributed by atoms with E-state index in [9.17, 15) is 9.18 Å². The minimum atomic E-state index is -0.501. The maximum atomic E-state index is 14.4. The first kappa shape index (κ1) is 22.2. The lowest BCUT2D eigenvalue weighted by Gasteiger charge is -2.15. The number of pyridine rings is 1. The number of hydrogen-bond donors (Lipinski definition) is 2. The Bertz CT molecular complexity index is 1310. The number of nitrogens with one attached hydrogen (secondary N) is 1. The summed E-state index contributed by atoms with van der Waals surface area (Å²) in [7, 11) is 0. The zero-order valence-corrected chi connectivity index (χ0v) is 18.3. The van der Waals surface area contributed by atoms with Gasteiger partial charge in [-0.3, -0.25) is 9.78 Å². The van der Waals surface area contributed by atoms with Crippen LogP contribution < -0.4 is 15.8 Å². The Morgan fingerprint density at radius 2 is 1.94 bits per heavy atom. The van der Waals surface area contributed by atoms with Crippen LogP contribution in [0.1, 0.15) is 21.5 Å². The molecule has 2 aromatic heterocycles. The lowest BCUT2D eigenvalue weighted by Crippen LogP contribution is -2.10. The fraction of sp³-hybridized carbons (Fsp3) is 0.0833. The molecule has 0 radical (unpaired) electrons. The molecule has 0 saturated heterocycles. The lowest BCUT2D eigenvalue weighted by atomic mass is 10.1. The number of primary amides is 1. The molecule has 4 rings (SSSR count). The van der Waals surface area contributed by atoms with Crippen molar-refractivity contribution in [3.05, 3.63) is 94.7 Å². The van der Waals surface area contributed by atoms with Gasteiger partial charge >= 0.3 is 0 Å². The molecule has 3 N–H and O–H groups in total. The van der Waals surface area contributed by atoms with E-state index in [0.29, 0.717) is 22.2 Å². The lowest BCUT2D eigenvalue weighted by molar-refractivity contribution is 0.1000. The molecule has 166 valence electrons. The van der Waals surface area contributed by atoms with Crippen molar-refractivity contribution in [3.63, 3.8) is 0 Å². The summed E-state index contributed by atoms with van der Waals surface area (Å²) in [6, 6.07) is 12.7. The number of nitrogens with zero attached hydrogens (tertiary/aromatic N) is 3. The van der Waals surface area contributed by atoms with Crippen molar-refractivity contribution in [2.45, 2.75) is 13.5 Å². The van der Waals surface area contributed by atoms with Crippen molar-refractivity contribution in [1.82, 2.24) is 15.0 Å². The van der Waals surface area contributed by atoms with E-state index < -0.39 is 11.7 Å². The van der Waals surface area contributed by atoms with Gasteiger partial charge in [0.05, 0.1) is 11.8 Å². The van der Waals surface area contributed by atoms with Crippen LogP contribution in [-0.2, 0) is 6.61 Å². The first-order valence-electron chi connectivity index (χ1n) is 9.92. The zero-order chi connectivity index (χ0) is 23.4. The third kappa shape index (κ3) is 5.24. The second-order valence-electron chi connectivity index (χ2n) is 7.20. The van der Waals surface area contributed by atoms with E-state index in [1.165, 1.54) is 24.4 Å². The van der Waals surface area contributed by atoms with Crippen LogP contribution in [0, 0.1) is 12.7 Å². The van der Waals surface area contributed by atoms with Gasteiger partial charge in [0, 0.05) is 28.7 Å². The van der Waals surface area contributed by atoms with E-state index in [0.717, 1.165) is 16.8 Å². The number of carbonyl (C=O) groups excluding carboxylic acids is 1. The maximum Gasteiger partial charge on any atom is 0.248 e. The van der Waals surface area contributed by atoms with E-state index in [1.54, 1.807) is 42.7 Å². The first-order chi connectivity index (χ1) is 15.9. The summed E-state index contributed by atoms with van der Waals surface area (Å²) >= 11 is 6.04. The van der Waals surface area contributed by atoms with Gasteiger partial charge in [-0.2, -0.15) is 0 Å². The van der Waals surface area contributed by atoms with Crippen LogP contribution in [-0.4, -0.2) is 20.9 Å². The number of ether oxygens (including phenoxy) is 1. The number of hydrogen-bond acceptors (Lipinski definition) is 6. The highest BCUT2D eigenvalue weighted by Gasteiger charge is 2.15. The molecule has 0 atom stereocenters. The van der Waals surface area contributed by atoms with Crippen molar-refractivity contribution >= 4 is 29.0 Å². The van der Waals surface area contributed by atoms with Crippen LogP contribution in [0.5, 0.6) is 5.75 Å². The molecule has 0 bridgehead atoms. The third-order valence-corrected chi connectivity index (χ3v) is 5.07. The summed E-state index contributed by atoms with van der Waals surface area (Å²) in [5.41, 5.74) is 8.33. The molecule has 0 saturated carbocycles. The summed E-state index contributed by atoms with van der Waals surface area (Å²) in [6.45, 7) is 2.09. The summed E-state index contributed by atoms with van der Waals surface area (Å²) in [5, 5.41) is 3.58. The standard InChI is InChI=1S/C24H19ClFN5O2/c1-14-11-28-9-8-20(14)30-24-21(33-13-15-2-4-16(5-3-15)22(27)32)12-29-23(31-24)18-10-17(25)6-7-19(18)26/h2-12H,13H2,1H3,(H2,27,32)(H,28,29,30,31). The van der Waals surface area contributed by atoms with Gasteiger partial charge < -0.3 is 15.8 Å². The number of halogens is 2. The maximum absolute atomic E-state index is 14.4. The summed E-state index contributed by atoms with van der Waals surface area (Å²) in [5.74, 6) is -0.131. The minimum absolute atomic E-state index is 0.155. The van der Waals surface area contributed by atoms with Gasteiger partial charge in [0.2, 0.25) is 5.91 Å². The fourth-order valence-corrected chi connectivity index (χ4v) is 3.20. The highest BCUT2D eigenvalue weighted by atomic mass is 35.5. The Morgan fingerprint density at radius 3 is 2.67 bits per heavy atom. The molecular weight excluding hydrogens is 445 g/mol. The molecule has 1 amide bonds. The van der Waals surface area contributed by atoms with Crippen molar-refractivity contribution in [3.8, 4) is 17.1 Å². The van der Waals surface area contributed by atoms with Crippen LogP contribution in [0.25, 0.3) is 11.4 Å². The van der Waals surface area contributed by atoms with Crippen LogP contribution in [0.4, 0.5) is 15.9 Å². The topological polar surface area (TPSA) is 103 Å². The van der Waals surface area contributed by atoms with Crippen molar-refractivity contribution in [2.24, 2.45) is 5.73 Å². The molecule has 0 aliphatic carbocycles. The monoisotopic (exact) mass is 463 g/mol. The number of rotatable bonds is 7. The smallest absolute Gasteiger partial charge is 0.248 e.